The van der Waals surface area contributed by atoms with Crippen molar-refractivity contribution in [3.63, 3.8) is 0 Å². The van der Waals surface area contributed by atoms with Gasteiger partial charge >= 0.3 is 0 Å². The number of anilines is 1. The van der Waals surface area contributed by atoms with Crippen molar-refractivity contribution < 1.29 is 9.59 Å². The molecule has 4 heteroatoms. The third kappa shape index (κ3) is 4.61. The molecule has 0 aliphatic carbocycles. The second kappa shape index (κ2) is 8.32. The average molecular weight is 358 g/mol. The van der Waals surface area contributed by atoms with Gasteiger partial charge in [-0.15, -0.1) is 0 Å². The maximum atomic E-state index is 13.0. The molecule has 136 valence electrons. The second-order valence-corrected chi connectivity index (χ2v) is 6.45. The third-order valence-corrected chi connectivity index (χ3v) is 4.45. The van der Waals surface area contributed by atoms with Crippen LogP contribution in [0.4, 0.5) is 5.69 Å². The van der Waals surface area contributed by atoms with E-state index >= 15 is 0 Å². The fourth-order valence-electron chi connectivity index (χ4n) is 2.74. The van der Waals surface area contributed by atoms with Gasteiger partial charge in [0.05, 0.1) is 0 Å². The highest BCUT2D eigenvalue weighted by Crippen LogP contribution is 2.16. The van der Waals surface area contributed by atoms with Gasteiger partial charge < -0.3 is 10.6 Å². The van der Waals surface area contributed by atoms with E-state index < -0.39 is 6.17 Å². The lowest BCUT2D eigenvalue weighted by atomic mass is 10.1. The van der Waals surface area contributed by atoms with Crippen LogP contribution < -0.4 is 10.6 Å². The first kappa shape index (κ1) is 18.4. The Morgan fingerprint density at radius 2 is 1.33 bits per heavy atom. The highest BCUT2D eigenvalue weighted by atomic mass is 16.2. The number of benzene rings is 3. The van der Waals surface area contributed by atoms with Crippen LogP contribution in [0.5, 0.6) is 0 Å². The summed E-state index contributed by atoms with van der Waals surface area (Å²) >= 11 is 0. The standard InChI is InChI=1S/C23H22N2O2/c1-16-13-14-20(15-17(16)2)24-22(21(26)18-9-5-3-6-10-18)25-23(27)19-11-7-4-8-12-19/h3-15,22,24H,1-2H3,(H,25,27). The minimum Gasteiger partial charge on any atom is -0.359 e. The number of hydrogen-bond acceptors (Lipinski definition) is 3. The fraction of sp³-hybridized carbons (Fsp3) is 0.130. The molecule has 0 radical (unpaired) electrons. The Bertz CT molecular complexity index is 937. The summed E-state index contributed by atoms with van der Waals surface area (Å²) in [6, 6.07) is 23.7. The maximum Gasteiger partial charge on any atom is 0.253 e. The van der Waals surface area contributed by atoms with Crippen molar-refractivity contribution in [2.75, 3.05) is 5.32 Å². The van der Waals surface area contributed by atoms with Crippen LogP contribution in [0.25, 0.3) is 0 Å². The molecule has 3 aromatic carbocycles. The Balaban J connectivity index is 1.87. The number of amides is 1. The van der Waals surface area contributed by atoms with Gasteiger partial charge in [0.15, 0.2) is 6.17 Å². The molecule has 3 rings (SSSR count). The number of aryl methyl sites for hydroxylation is 2. The van der Waals surface area contributed by atoms with E-state index in [0.29, 0.717) is 11.1 Å². The molecule has 0 spiro atoms. The summed E-state index contributed by atoms with van der Waals surface area (Å²) in [5.74, 6) is -0.501. The van der Waals surface area contributed by atoms with Gasteiger partial charge in [0.2, 0.25) is 5.78 Å². The van der Waals surface area contributed by atoms with Crippen molar-refractivity contribution >= 4 is 17.4 Å². The van der Waals surface area contributed by atoms with E-state index in [1.807, 2.05) is 44.2 Å². The van der Waals surface area contributed by atoms with Crippen LogP contribution in [0.15, 0.2) is 78.9 Å². The molecule has 1 unspecified atom stereocenters. The van der Waals surface area contributed by atoms with Crippen molar-refractivity contribution in [2.45, 2.75) is 20.0 Å². The zero-order valence-electron chi connectivity index (χ0n) is 15.4. The summed E-state index contributed by atoms with van der Waals surface area (Å²) in [4.78, 5) is 25.6. The minimum atomic E-state index is -0.873. The summed E-state index contributed by atoms with van der Waals surface area (Å²) in [5, 5.41) is 5.98. The molecule has 0 heterocycles. The van der Waals surface area contributed by atoms with Crippen molar-refractivity contribution in [1.82, 2.24) is 5.32 Å². The molecule has 0 aromatic heterocycles. The van der Waals surface area contributed by atoms with E-state index in [0.717, 1.165) is 11.3 Å². The van der Waals surface area contributed by atoms with Crippen molar-refractivity contribution in [3.05, 3.63) is 101 Å². The smallest absolute Gasteiger partial charge is 0.253 e. The number of Topliss-reactive ketones (excluding diaryl/α,β-unsaturated/α-hetero) is 1. The molecule has 2 N–H and O–H groups in total. The van der Waals surface area contributed by atoms with Gasteiger partial charge in [-0.05, 0) is 49.2 Å². The lowest BCUT2D eigenvalue weighted by Crippen LogP contribution is -2.46. The summed E-state index contributed by atoms with van der Waals surface area (Å²) < 4.78 is 0. The predicted molar refractivity (Wildman–Crippen MR) is 108 cm³/mol. The molecule has 0 saturated carbocycles. The van der Waals surface area contributed by atoms with Crippen LogP contribution in [0.2, 0.25) is 0 Å². The Morgan fingerprint density at radius 3 is 1.93 bits per heavy atom. The zero-order valence-corrected chi connectivity index (χ0v) is 15.4. The van der Waals surface area contributed by atoms with E-state index in [9.17, 15) is 9.59 Å². The number of ketones is 1. The topological polar surface area (TPSA) is 58.2 Å². The van der Waals surface area contributed by atoms with Crippen LogP contribution in [0.1, 0.15) is 31.8 Å². The number of rotatable bonds is 6. The SMILES string of the molecule is Cc1ccc(NC(NC(=O)c2ccccc2)C(=O)c2ccccc2)cc1C. The zero-order chi connectivity index (χ0) is 19.2. The maximum absolute atomic E-state index is 13.0. The van der Waals surface area contributed by atoms with E-state index in [1.54, 1.807) is 48.5 Å². The van der Waals surface area contributed by atoms with Gasteiger partial charge in [-0.2, -0.15) is 0 Å². The van der Waals surface area contributed by atoms with Crippen LogP contribution in [0, 0.1) is 13.8 Å². The fourth-order valence-corrected chi connectivity index (χ4v) is 2.74. The molecular formula is C23H22N2O2. The highest BCUT2D eigenvalue weighted by molar-refractivity contribution is 6.05. The first-order valence-corrected chi connectivity index (χ1v) is 8.83. The van der Waals surface area contributed by atoms with Crippen LogP contribution >= 0.6 is 0 Å². The molecule has 3 aromatic rings. The molecule has 27 heavy (non-hydrogen) atoms. The Kier molecular flexibility index (Phi) is 5.67. The summed E-state index contributed by atoms with van der Waals surface area (Å²) in [5.41, 5.74) is 4.10. The largest absolute Gasteiger partial charge is 0.359 e. The molecule has 0 aliphatic heterocycles. The lowest BCUT2D eigenvalue weighted by molar-refractivity contribution is 0.0869. The van der Waals surface area contributed by atoms with E-state index in [1.165, 1.54) is 5.56 Å². The van der Waals surface area contributed by atoms with Gasteiger partial charge in [-0.3, -0.25) is 9.59 Å². The normalized spacial score (nSPS) is 11.5. The summed E-state index contributed by atoms with van der Waals surface area (Å²) in [6.45, 7) is 4.04. The molecule has 0 bridgehead atoms. The molecule has 0 aliphatic rings. The Labute approximate surface area is 159 Å². The van der Waals surface area contributed by atoms with Crippen LogP contribution in [-0.4, -0.2) is 17.9 Å². The molecule has 0 saturated heterocycles. The van der Waals surface area contributed by atoms with Crippen molar-refractivity contribution in [2.24, 2.45) is 0 Å². The Hall–Kier alpha value is -3.40. The van der Waals surface area contributed by atoms with Gasteiger partial charge in [0, 0.05) is 16.8 Å². The number of carbonyl (C=O) groups excluding carboxylic acids is 2. The third-order valence-electron chi connectivity index (χ3n) is 4.45. The monoisotopic (exact) mass is 358 g/mol. The second-order valence-electron chi connectivity index (χ2n) is 6.45. The van der Waals surface area contributed by atoms with Crippen LogP contribution in [-0.2, 0) is 0 Å². The lowest BCUT2D eigenvalue weighted by Gasteiger charge is -2.21. The Morgan fingerprint density at radius 1 is 0.741 bits per heavy atom. The number of carbonyl (C=O) groups is 2. The van der Waals surface area contributed by atoms with Crippen LogP contribution in [0.3, 0.4) is 0 Å². The number of hydrogen-bond donors (Lipinski definition) is 2. The van der Waals surface area contributed by atoms with E-state index in [2.05, 4.69) is 10.6 Å². The van der Waals surface area contributed by atoms with Gasteiger partial charge in [-0.25, -0.2) is 0 Å². The molecular weight excluding hydrogens is 336 g/mol. The van der Waals surface area contributed by atoms with Crippen molar-refractivity contribution in [1.29, 1.82) is 0 Å². The molecule has 0 fully saturated rings. The average Bonchev–Trinajstić information content (AvgIpc) is 2.71. The quantitative estimate of drug-likeness (QED) is 0.509. The molecule has 1 amide bonds. The van der Waals surface area contributed by atoms with E-state index in [4.69, 9.17) is 0 Å². The molecule has 4 nitrogen and oxygen atoms in total. The first-order valence-electron chi connectivity index (χ1n) is 8.83. The number of nitrogens with one attached hydrogen (secondary N) is 2. The summed E-state index contributed by atoms with van der Waals surface area (Å²) in [6.07, 6.45) is -0.873. The predicted octanol–water partition coefficient (Wildman–Crippen LogP) is 4.35. The molecule has 1 atom stereocenters. The summed E-state index contributed by atoms with van der Waals surface area (Å²) in [7, 11) is 0. The van der Waals surface area contributed by atoms with Gasteiger partial charge in [-0.1, -0.05) is 54.6 Å². The van der Waals surface area contributed by atoms with E-state index in [-0.39, 0.29) is 11.7 Å². The van der Waals surface area contributed by atoms with Gasteiger partial charge in [0.1, 0.15) is 0 Å². The van der Waals surface area contributed by atoms with Gasteiger partial charge in [0.25, 0.3) is 5.91 Å². The minimum absolute atomic E-state index is 0.196. The highest BCUT2D eigenvalue weighted by Gasteiger charge is 2.22. The first-order chi connectivity index (χ1) is 13.0. The van der Waals surface area contributed by atoms with Crippen molar-refractivity contribution in [3.8, 4) is 0 Å².